The smallest absolute Gasteiger partial charge is 0.175 e. The maximum atomic E-state index is 12.9. The number of hydrogen-bond acceptors (Lipinski definition) is 4. The monoisotopic (exact) mass is 470 g/mol. The second-order valence-electron chi connectivity index (χ2n) is 14.9. The van der Waals surface area contributed by atoms with Crippen LogP contribution in [0.15, 0.2) is 12.2 Å². The van der Waals surface area contributed by atoms with Gasteiger partial charge in [0.2, 0.25) is 0 Å². The molecule has 4 nitrogen and oxygen atoms in total. The normalized spacial score (nSPS) is 57.2. The number of hydrogen-bond donors (Lipinski definition) is 1. The molecule has 1 N–H and O–H groups in total. The zero-order valence-corrected chi connectivity index (χ0v) is 22.4. The van der Waals surface area contributed by atoms with Gasteiger partial charge in [0.1, 0.15) is 0 Å². The Kier molecular flexibility index (Phi) is 4.72. The Morgan fingerprint density at radius 1 is 1.09 bits per heavy atom. The van der Waals surface area contributed by atoms with Crippen molar-refractivity contribution in [3.05, 3.63) is 12.2 Å². The predicted molar refractivity (Wildman–Crippen MR) is 132 cm³/mol. The van der Waals surface area contributed by atoms with Crippen molar-refractivity contribution in [2.75, 3.05) is 6.61 Å². The average molecular weight is 471 g/mol. The van der Waals surface area contributed by atoms with Crippen molar-refractivity contribution in [1.29, 1.82) is 0 Å². The number of fused-ring (bicyclic) bond motifs is 4. The van der Waals surface area contributed by atoms with E-state index in [-0.39, 0.29) is 33.7 Å². The highest BCUT2D eigenvalue weighted by Gasteiger charge is 2.80. The van der Waals surface area contributed by atoms with Crippen molar-refractivity contribution in [3.63, 3.8) is 0 Å². The SMILES string of the molecule is CC(C)CC1CC(C)(O)C2[C@H]3CC[C@@H]4[C@@]5(C)C=CC(=O)C(C)(C)[C@@H]5CC[C@@]4(C)[C@@]34CO[C@@]2(C4)O1. The van der Waals surface area contributed by atoms with Crippen LogP contribution >= 0.6 is 0 Å². The van der Waals surface area contributed by atoms with Crippen molar-refractivity contribution < 1.29 is 19.4 Å². The van der Waals surface area contributed by atoms with Crippen LogP contribution in [-0.2, 0) is 14.3 Å². The quantitative estimate of drug-likeness (QED) is 0.544. The number of carbonyl (C=O) groups is 1. The fourth-order valence-corrected chi connectivity index (χ4v) is 11.2. The van der Waals surface area contributed by atoms with E-state index in [0.717, 1.165) is 38.7 Å². The Bertz CT molecular complexity index is 934. The zero-order chi connectivity index (χ0) is 24.5. The van der Waals surface area contributed by atoms with Crippen molar-refractivity contribution in [1.82, 2.24) is 0 Å². The number of ether oxygens (including phenoxy) is 2. The summed E-state index contributed by atoms with van der Waals surface area (Å²) in [6.07, 6.45) is 11.4. The molecule has 0 aromatic rings. The molecule has 3 saturated carbocycles. The molecule has 5 fully saturated rings. The lowest BCUT2D eigenvalue weighted by Crippen LogP contribution is -2.66. The summed E-state index contributed by atoms with van der Waals surface area (Å²) in [7, 11) is 0. The maximum Gasteiger partial charge on any atom is 0.175 e. The standard InChI is InChI=1S/C30H46O4/c1-18(2)14-19-15-28(7,32)24-20-8-9-22-26(5)12-11-23(31)25(3,4)21(26)10-13-27(22,6)29(20)16-30(24,34-19)33-17-29/h11-12,18-22,24,32H,8-10,13-17H2,1-7H3/t19?,20-,21+,22-,24?,26+,27-,28?,29+,30+/m1/s1. The Balaban J connectivity index is 1.41. The zero-order valence-electron chi connectivity index (χ0n) is 22.4. The van der Waals surface area contributed by atoms with E-state index in [1.165, 1.54) is 6.42 Å². The molecule has 6 aliphatic rings. The van der Waals surface area contributed by atoms with Crippen LogP contribution < -0.4 is 0 Å². The summed E-state index contributed by atoms with van der Waals surface area (Å²) in [5.41, 5.74) is -0.862. The number of ketones is 1. The molecule has 6 rings (SSSR count). The molecule has 2 spiro atoms. The van der Waals surface area contributed by atoms with Crippen molar-refractivity contribution in [3.8, 4) is 0 Å². The number of aliphatic hydroxyl groups is 1. The summed E-state index contributed by atoms with van der Waals surface area (Å²) < 4.78 is 13.6. The first-order valence-corrected chi connectivity index (χ1v) is 14.0. The third-order valence-corrected chi connectivity index (χ3v) is 12.4. The first-order chi connectivity index (χ1) is 15.7. The van der Waals surface area contributed by atoms with Gasteiger partial charge in [-0.1, -0.05) is 47.6 Å². The van der Waals surface area contributed by atoms with Gasteiger partial charge in [-0.2, -0.15) is 0 Å². The van der Waals surface area contributed by atoms with Crippen LogP contribution in [0.4, 0.5) is 0 Å². The van der Waals surface area contributed by atoms with E-state index in [1.807, 2.05) is 6.08 Å². The highest BCUT2D eigenvalue weighted by Crippen LogP contribution is 2.79. The Labute approximate surface area is 206 Å². The lowest BCUT2D eigenvalue weighted by Gasteiger charge is -2.68. The van der Waals surface area contributed by atoms with E-state index in [1.54, 1.807) is 0 Å². The minimum Gasteiger partial charge on any atom is -0.390 e. The van der Waals surface area contributed by atoms with Crippen molar-refractivity contribution in [2.45, 2.75) is 111 Å². The molecule has 3 unspecified atom stereocenters. The van der Waals surface area contributed by atoms with E-state index in [4.69, 9.17) is 9.47 Å². The Hall–Kier alpha value is -0.710. The highest BCUT2D eigenvalue weighted by atomic mass is 16.7. The summed E-state index contributed by atoms with van der Waals surface area (Å²) in [6.45, 7) is 16.6. The lowest BCUT2D eigenvalue weighted by molar-refractivity contribution is -0.346. The second-order valence-corrected chi connectivity index (χ2v) is 14.9. The van der Waals surface area contributed by atoms with Crippen molar-refractivity contribution in [2.24, 2.45) is 51.2 Å². The molecule has 2 saturated heterocycles. The van der Waals surface area contributed by atoms with Crippen LogP contribution in [0.5, 0.6) is 0 Å². The largest absolute Gasteiger partial charge is 0.390 e. The van der Waals surface area contributed by atoms with Gasteiger partial charge in [0.05, 0.1) is 18.3 Å². The van der Waals surface area contributed by atoms with E-state index in [2.05, 4.69) is 54.5 Å². The van der Waals surface area contributed by atoms with Crippen LogP contribution in [-0.4, -0.2) is 35.0 Å². The molecule has 0 aromatic heterocycles. The van der Waals surface area contributed by atoms with Crippen LogP contribution in [0, 0.1) is 51.2 Å². The third kappa shape index (κ3) is 2.64. The van der Waals surface area contributed by atoms with Gasteiger partial charge in [-0.05, 0) is 79.6 Å². The molecule has 2 bridgehead atoms. The van der Waals surface area contributed by atoms with Gasteiger partial charge in [0.15, 0.2) is 11.6 Å². The minimum atomic E-state index is -0.756. The van der Waals surface area contributed by atoms with Gasteiger partial charge in [0, 0.05) is 29.6 Å². The van der Waals surface area contributed by atoms with Crippen LogP contribution in [0.2, 0.25) is 0 Å². The molecule has 2 aliphatic heterocycles. The molecule has 4 heteroatoms. The number of allylic oxidation sites excluding steroid dienone is 2. The van der Waals surface area contributed by atoms with E-state index in [9.17, 15) is 9.90 Å². The summed E-state index contributed by atoms with van der Waals surface area (Å²) in [4.78, 5) is 12.9. The fraction of sp³-hybridized carbons (Fsp3) is 0.900. The molecule has 0 aromatic carbocycles. The minimum absolute atomic E-state index is 0.0250. The lowest BCUT2D eigenvalue weighted by atomic mass is 9.36. The average Bonchev–Trinajstić information content (AvgIpc) is 3.22. The molecular weight excluding hydrogens is 424 g/mol. The molecule has 0 radical (unpaired) electrons. The van der Waals surface area contributed by atoms with Gasteiger partial charge in [-0.15, -0.1) is 0 Å². The van der Waals surface area contributed by atoms with Gasteiger partial charge in [-0.3, -0.25) is 4.79 Å². The van der Waals surface area contributed by atoms with Crippen LogP contribution in [0.25, 0.3) is 0 Å². The van der Waals surface area contributed by atoms with Crippen molar-refractivity contribution >= 4 is 5.78 Å². The molecule has 2 heterocycles. The number of rotatable bonds is 2. The summed E-state index contributed by atoms with van der Waals surface area (Å²) >= 11 is 0. The van der Waals surface area contributed by atoms with Gasteiger partial charge < -0.3 is 14.6 Å². The third-order valence-electron chi connectivity index (χ3n) is 12.4. The second kappa shape index (κ2) is 6.78. The maximum absolute atomic E-state index is 12.9. The molecule has 0 amide bonds. The molecule has 190 valence electrons. The highest BCUT2D eigenvalue weighted by molar-refractivity contribution is 5.95. The first kappa shape index (κ1) is 23.7. The topological polar surface area (TPSA) is 55.8 Å². The van der Waals surface area contributed by atoms with Crippen LogP contribution in [0.1, 0.15) is 93.4 Å². The molecule has 34 heavy (non-hydrogen) atoms. The predicted octanol–water partition coefficient (Wildman–Crippen LogP) is 5.92. The Morgan fingerprint density at radius 2 is 1.82 bits per heavy atom. The van der Waals surface area contributed by atoms with Crippen LogP contribution in [0.3, 0.4) is 0 Å². The van der Waals surface area contributed by atoms with E-state index < -0.39 is 11.4 Å². The molecule has 4 aliphatic carbocycles. The number of carbonyl (C=O) groups excluding carboxylic acids is 1. The summed E-state index contributed by atoms with van der Waals surface area (Å²) in [5.74, 6) is 1.61. The summed E-state index contributed by atoms with van der Waals surface area (Å²) in [5, 5.41) is 11.9. The Morgan fingerprint density at radius 3 is 2.53 bits per heavy atom. The first-order valence-electron chi connectivity index (χ1n) is 14.0. The summed E-state index contributed by atoms with van der Waals surface area (Å²) in [6, 6.07) is 0. The van der Waals surface area contributed by atoms with E-state index >= 15 is 0 Å². The molecule has 10 atom stereocenters. The molecular formula is C30H46O4. The van der Waals surface area contributed by atoms with E-state index in [0.29, 0.717) is 35.9 Å². The fourth-order valence-electron chi connectivity index (χ4n) is 11.2. The van der Waals surface area contributed by atoms with Gasteiger partial charge in [-0.25, -0.2) is 0 Å². The van der Waals surface area contributed by atoms with Gasteiger partial charge in [0.25, 0.3) is 0 Å². The van der Waals surface area contributed by atoms with Gasteiger partial charge >= 0.3 is 0 Å².